The normalized spacial score (nSPS) is 11.3. The SMILES string of the molecule is c1ccc(-c2ccc(N(c3ccc(-c4ccccc4)cc3)c3ccc(-c4cc5ccccc5c5c4oc4cccc(-c6cccnc6)c45)cc3)cc2)cc1. The molecule has 2 heterocycles. The second-order valence-corrected chi connectivity index (χ2v) is 13.6. The average molecular weight is 691 g/mol. The van der Waals surface area contributed by atoms with Gasteiger partial charge in [-0.25, -0.2) is 0 Å². The van der Waals surface area contributed by atoms with E-state index in [1.165, 1.54) is 33.0 Å². The molecule has 0 spiro atoms. The molecule has 10 rings (SSSR count). The Kier molecular flexibility index (Phi) is 7.81. The molecule has 254 valence electrons. The van der Waals surface area contributed by atoms with E-state index in [0.29, 0.717) is 0 Å². The van der Waals surface area contributed by atoms with Crippen LogP contribution in [0.2, 0.25) is 0 Å². The van der Waals surface area contributed by atoms with Gasteiger partial charge >= 0.3 is 0 Å². The molecule has 0 saturated heterocycles. The van der Waals surface area contributed by atoms with Crippen molar-refractivity contribution in [2.24, 2.45) is 0 Å². The monoisotopic (exact) mass is 690 g/mol. The van der Waals surface area contributed by atoms with Crippen molar-refractivity contribution in [3.63, 3.8) is 0 Å². The number of aromatic nitrogens is 1. The molecular weight excluding hydrogens is 657 g/mol. The summed E-state index contributed by atoms with van der Waals surface area (Å²) in [7, 11) is 0. The molecule has 2 aromatic heterocycles. The molecule has 8 aromatic carbocycles. The largest absolute Gasteiger partial charge is 0.455 e. The predicted octanol–water partition coefficient (Wildman–Crippen LogP) is 14.3. The number of fused-ring (bicyclic) bond motifs is 5. The van der Waals surface area contributed by atoms with Gasteiger partial charge in [0.05, 0.1) is 0 Å². The maximum atomic E-state index is 6.79. The van der Waals surface area contributed by atoms with Crippen LogP contribution in [0.1, 0.15) is 0 Å². The fourth-order valence-corrected chi connectivity index (χ4v) is 7.75. The van der Waals surface area contributed by atoms with Gasteiger partial charge in [0.2, 0.25) is 0 Å². The number of nitrogens with zero attached hydrogens (tertiary/aromatic N) is 2. The lowest BCUT2D eigenvalue weighted by atomic mass is 9.93. The summed E-state index contributed by atoms with van der Waals surface area (Å²) in [4.78, 5) is 6.75. The van der Waals surface area contributed by atoms with E-state index < -0.39 is 0 Å². The van der Waals surface area contributed by atoms with Crippen molar-refractivity contribution in [2.45, 2.75) is 0 Å². The van der Waals surface area contributed by atoms with E-state index in [9.17, 15) is 0 Å². The van der Waals surface area contributed by atoms with Crippen LogP contribution in [0, 0.1) is 0 Å². The zero-order valence-electron chi connectivity index (χ0n) is 29.4. The molecule has 3 heteroatoms. The molecule has 0 saturated carbocycles. The van der Waals surface area contributed by atoms with E-state index in [4.69, 9.17) is 4.42 Å². The van der Waals surface area contributed by atoms with Crippen LogP contribution < -0.4 is 4.90 Å². The van der Waals surface area contributed by atoms with Gasteiger partial charge < -0.3 is 9.32 Å². The summed E-state index contributed by atoms with van der Waals surface area (Å²) < 4.78 is 6.79. The van der Waals surface area contributed by atoms with Gasteiger partial charge in [-0.2, -0.15) is 0 Å². The fourth-order valence-electron chi connectivity index (χ4n) is 7.75. The van der Waals surface area contributed by atoms with Crippen LogP contribution in [-0.4, -0.2) is 4.98 Å². The Morgan fingerprint density at radius 2 is 0.926 bits per heavy atom. The summed E-state index contributed by atoms with van der Waals surface area (Å²) in [5.41, 5.74) is 14.1. The minimum atomic E-state index is 0.865. The lowest BCUT2D eigenvalue weighted by Crippen LogP contribution is -2.09. The molecule has 0 unspecified atom stereocenters. The fraction of sp³-hybridized carbons (Fsp3) is 0. The van der Waals surface area contributed by atoms with Gasteiger partial charge in [0.15, 0.2) is 0 Å². The third-order valence-electron chi connectivity index (χ3n) is 10.4. The van der Waals surface area contributed by atoms with Crippen LogP contribution in [0.25, 0.3) is 77.2 Å². The van der Waals surface area contributed by atoms with Crippen LogP contribution in [0.3, 0.4) is 0 Å². The molecule has 54 heavy (non-hydrogen) atoms. The van der Waals surface area contributed by atoms with Gasteiger partial charge in [-0.05, 0) is 98.8 Å². The predicted molar refractivity (Wildman–Crippen MR) is 225 cm³/mol. The molecule has 0 aliphatic heterocycles. The molecule has 0 bridgehead atoms. The summed E-state index contributed by atoms with van der Waals surface area (Å²) in [6, 6.07) is 68.9. The van der Waals surface area contributed by atoms with E-state index in [1.54, 1.807) is 0 Å². The van der Waals surface area contributed by atoms with Crippen molar-refractivity contribution in [2.75, 3.05) is 4.90 Å². The second kappa shape index (κ2) is 13.4. The lowest BCUT2D eigenvalue weighted by molar-refractivity contribution is 0.670. The van der Waals surface area contributed by atoms with E-state index in [0.717, 1.165) is 61.3 Å². The number of anilines is 3. The Labute approximate surface area is 314 Å². The number of hydrogen-bond acceptors (Lipinski definition) is 3. The highest BCUT2D eigenvalue weighted by atomic mass is 16.3. The third-order valence-corrected chi connectivity index (χ3v) is 10.4. The molecule has 0 aliphatic carbocycles. The van der Waals surface area contributed by atoms with Crippen molar-refractivity contribution in [3.05, 3.63) is 207 Å². The highest BCUT2D eigenvalue weighted by Gasteiger charge is 2.20. The van der Waals surface area contributed by atoms with Crippen LogP contribution in [0.15, 0.2) is 211 Å². The summed E-state index contributed by atoms with van der Waals surface area (Å²) in [6.45, 7) is 0. The number of hydrogen-bond donors (Lipinski definition) is 0. The molecule has 0 amide bonds. The topological polar surface area (TPSA) is 29.3 Å². The molecule has 3 nitrogen and oxygen atoms in total. The summed E-state index contributed by atoms with van der Waals surface area (Å²) >= 11 is 0. The van der Waals surface area contributed by atoms with Crippen molar-refractivity contribution < 1.29 is 4.42 Å². The van der Waals surface area contributed by atoms with Crippen LogP contribution >= 0.6 is 0 Å². The molecule has 0 radical (unpaired) electrons. The molecular formula is C51H34N2O. The Bertz CT molecular complexity index is 2800. The first-order chi connectivity index (χ1) is 26.8. The summed E-state index contributed by atoms with van der Waals surface area (Å²) in [6.07, 6.45) is 3.74. The highest BCUT2D eigenvalue weighted by molar-refractivity contribution is 6.25. The van der Waals surface area contributed by atoms with Gasteiger partial charge in [-0.1, -0.05) is 140 Å². The van der Waals surface area contributed by atoms with E-state index in [-0.39, 0.29) is 0 Å². The zero-order chi connectivity index (χ0) is 35.8. The molecule has 0 aliphatic rings. The smallest absolute Gasteiger partial charge is 0.143 e. The van der Waals surface area contributed by atoms with Crippen LogP contribution in [0.5, 0.6) is 0 Å². The van der Waals surface area contributed by atoms with Gasteiger partial charge in [-0.3, -0.25) is 4.98 Å². The maximum absolute atomic E-state index is 6.79. The Morgan fingerprint density at radius 1 is 0.389 bits per heavy atom. The molecule has 0 N–H and O–H groups in total. The van der Waals surface area contributed by atoms with Crippen LogP contribution in [0.4, 0.5) is 17.1 Å². The molecule has 10 aromatic rings. The quantitative estimate of drug-likeness (QED) is 0.167. The lowest BCUT2D eigenvalue weighted by Gasteiger charge is -2.26. The van der Waals surface area contributed by atoms with E-state index in [2.05, 4.69) is 198 Å². The first-order valence-corrected chi connectivity index (χ1v) is 18.3. The van der Waals surface area contributed by atoms with Gasteiger partial charge in [-0.15, -0.1) is 0 Å². The minimum absolute atomic E-state index is 0.865. The Morgan fingerprint density at radius 3 is 1.52 bits per heavy atom. The third kappa shape index (κ3) is 5.60. The van der Waals surface area contributed by atoms with Gasteiger partial charge in [0.25, 0.3) is 0 Å². The number of pyridine rings is 1. The number of furan rings is 1. The number of benzene rings is 8. The zero-order valence-corrected chi connectivity index (χ0v) is 29.4. The average Bonchev–Trinajstić information content (AvgIpc) is 3.66. The first-order valence-electron chi connectivity index (χ1n) is 18.3. The van der Waals surface area contributed by atoms with Crippen molar-refractivity contribution in [1.82, 2.24) is 4.98 Å². The maximum Gasteiger partial charge on any atom is 0.143 e. The minimum Gasteiger partial charge on any atom is -0.455 e. The number of rotatable bonds is 7. The second-order valence-electron chi connectivity index (χ2n) is 13.6. The van der Waals surface area contributed by atoms with E-state index >= 15 is 0 Å². The van der Waals surface area contributed by atoms with Crippen molar-refractivity contribution in [3.8, 4) is 44.5 Å². The molecule has 0 atom stereocenters. The van der Waals surface area contributed by atoms with Crippen molar-refractivity contribution >= 4 is 49.8 Å². The standard InChI is InChI=1S/C51H34N2O/c1-3-11-35(12-4-1)37-20-26-42(27-21-37)53(43-28-22-38(23-29-43)36-13-5-2-6-14-36)44-30-24-39(25-31-44)47-33-40-15-7-8-17-45(40)50-49-46(41-16-10-32-52-34-41)18-9-19-48(49)54-51(47)50/h1-34H. The highest BCUT2D eigenvalue weighted by Crippen LogP contribution is 2.45. The molecule has 0 fully saturated rings. The van der Waals surface area contributed by atoms with Gasteiger partial charge in [0, 0.05) is 51.4 Å². The Hall–Kier alpha value is -7.23. The van der Waals surface area contributed by atoms with Crippen molar-refractivity contribution in [1.29, 1.82) is 0 Å². The summed E-state index contributed by atoms with van der Waals surface area (Å²) in [5.74, 6) is 0. The van der Waals surface area contributed by atoms with Gasteiger partial charge in [0.1, 0.15) is 11.2 Å². The Balaban J connectivity index is 1.10. The van der Waals surface area contributed by atoms with E-state index in [1.807, 2.05) is 18.5 Å². The summed E-state index contributed by atoms with van der Waals surface area (Å²) in [5, 5.41) is 4.58. The van der Waals surface area contributed by atoms with Crippen LogP contribution in [-0.2, 0) is 0 Å². The first kappa shape index (κ1) is 31.5.